The number of nitrogens with zero attached hydrogens (tertiary/aromatic N) is 2. The van der Waals surface area contributed by atoms with Gasteiger partial charge in [0.15, 0.2) is 17.7 Å². The van der Waals surface area contributed by atoms with Crippen LogP contribution in [0.5, 0.6) is 0 Å². The molecule has 0 aliphatic carbocycles. The summed E-state index contributed by atoms with van der Waals surface area (Å²) in [4.78, 5) is 12.9. The fourth-order valence-electron chi connectivity index (χ4n) is 5.64. The molecule has 0 aromatic rings. The van der Waals surface area contributed by atoms with Crippen LogP contribution < -0.4 is 0 Å². The molecule has 0 saturated carbocycles. The summed E-state index contributed by atoms with van der Waals surface area (Å²) >= 11 is 0. The van der Waals surface area contributed by atoms with Crippen LogP contribution in [0, 0.1) is 0 Å². The molecule has 4 aliphatic heterocycles. The number of unbranched alkanes of at least 4 members (excludes halogenated alkanes) is 8. The van der Waals surface area contributed by atoms with Crippen molar-refractivity contribution in [1.29, 1.82) is 0 Å². The minimum Gasteiger partial charge on any atom is -0.442 e. The smallest absolute Gasteiger partial charge is 0.291 e. The summed E-state index contributed by atoms with van der Waals surface area (Å²) in [7, 11) is 0. The van der Waals surface area contributed by atoms with E-state index >= 15 is 0 Å². The molecule has 0 N–H and O–H groups in total. The number of carbonyl (C=O) groups excluding carboxylic acids is 1. The van der Waals surface area contributed by atoms with E-state index in [1.54, 1.807) is 0 Å². The van der Waals surface area contributed by atoms with Gasteiger partial charge >= 0.3 is 0 Å². The Balaban J connectivity index is 1.47. The second-order valence-electron chi connectivity index (χ2n) is 11.2. The van der Waals surface area contributed by atoms with E-state index in [0.717, 1.165) is 12.8 Å². The number of amides is 1. The number of carbonyl (C=O) groups is 1. The Kier molecular flexibility index (Phi) is 7.84. The van der Waals surface area contributed by atoms with Crippen LogP contribution in [0.4, 0.5) is 0 Å². The van der Waals surface area contributed by atoms with Gasteiger partial charge in [-0.1, -0.05) is 58.3 Å². The van der Waals surface area contributed by atoms with Gasteiger partial charge in [0.05, 0.1) is 6.61 Å². The minimum atomic E-state index is -1.47. The van der Waals surface area contributed by atoms with E-state index in [2.05, 4.69) is 12.0 Å². The second-order valence-corrected chi connectivity index (χ2v) is 11.2. The van der Waals surface area contributed by atoms with Crippen LogP contribution in [0.25, 0.3) is 0 Å². The third kappa shape index (κ3) is 5.25. The van der Waals surface area contributed by atoms with Crippen LogP contribution in [-0.4, -0.2) is 65.3 Å². The monoisotopic (exact) mass is 496 g/mol. The average molecular weight is 497 g/mol. The highest BCUT2D eigenvalue weighted by molar-refractivity contribution is 5.83. The van der Waals surface area contributed by atoms with Crippen molar-refractivity contribution in [1.82, 2.24) is 5.01 Å². The van der Waals surface area contributed by atoms with E-state index in [0.29, 0.717) is 12.3 Å². The largest absolute Gasteiger partial charge is 0.442 e. The molecule has 0 aromatic heterocycles. The molecule has 200 valence electrons. The average Bonchev–Trinajstić information content (AvgIpc) is 3.42. The quantitative estimate of drug-likeness (QED) is 0.401. The molecule has 4 atom stereocenters. The van der Waals surface area contributed by atoms with Gasteiger partial charge in [0.25, 0.3) is 11.5 Å². The third-order valence-electron chi connectivity index (χ3n) is 7.21. The van der Waals surface area contributed by atoms with Crippen LogP contribution in [0.3, 0.4) is 0 Å². The lowest BCUT2D eigenvalue weighted by Gasteiger charge is -2.52. The van der Waals surface area contributed by atoms with Gasteiger partial charge in [-0.2, -0.15) is 5.01 Å². The van der Waals surface area contributed by atoms with Gasteiger partial charge in [-0.05, 0) is 34.1 Å². The number of hydrogen-bond donors (Lipinski definition) is 0. The molecule has 0 aromatic carbocycles. The van der Waals surface area contributed by atoms with Crippen molar-refractivity contribution in [3.8, 4) is 0 Å². The number of rotatable bonds is 10. The number of ether oxygens (including phenoxy) is 6. The topological polar surface area (TPSA) is 88.1 Å². The van der Waals surface area contributed by atoms with E-state index < -0.39 is 35.3 Å². The highest BCUT2D eigenvalue weighted by Crippen LogP contribution is 2.54. The molecule has 0 radical (unpaired) electrons. The maximum absolute atomic E-state index is 12.9. The third-order valence-corrected chi connectivity index (χ3v) is 7.21. The van der Waals surface area contributed by atoms with Gasteiger partial charge in [-0.15, -0.1) is 5.10 Å². The summed E-state index contributed by atoms with van der Waals surface area (Å²) in [6.07, 6.45) is 10.6. The van der Waals surface area contributed by atoms with Gasteiger partial charge in [0.2, 0.25) is 11.8 Å². The molecule has 4 rings (SSSR count). The number of hydrogen-bond acceptors (Lipinski definition) is 8. The first-order chi connectivity index (χ1) is 16.5. The van der Waals surface area contributed by atoms with E-state index in [-0.39, 0.29) is 19.1 Å². The Morgan fingerprint density at radius 1 is 0.943 bits per heavy atom. The Bertz CT molecular complexity index is 799. The van der Waals surface area contributed by atoms with Crippen molar-refractivity contribution in [2.45, 2.75) is 141 Å². The van der Waals surface area contributed by atoms with Gasteiger partial charge in [0.1, 0.15) is 12.7 Å². The van der Waals surface area contributed by atoms with Gasteiger partial charge < -0.3 is 28.4 Å². The normalized spacial score (nSPS) is 34.9. The molecule has 2 spiro atoms. The van der Waals surface area contributed by atoms with Crippen molar-refractivity contribution in [3.05, 3.63) is 0 Å². The fourth-order valence-corrected chi connectivity index (χ4v) is 5.64. The van der Waals surface area contributed by atoms with Crippen LogP contribution in [0.2, 0.25) is 0 Å². The maximum atomic E-state index is 12.9. The van der Waals surface area contributed by atoms with Crippen LogP contribution in [0.1, 0.15) is 106 Å². The van der Waals surface area contributed by atoms with Crippen molar-refractivity contribution in [3.63, 3.8) is 0 Å². The van der Waals surface area contributed by atoms with E-state index in [9.17, 15) is 4.79 Å². The summed E-state index contributed by atoms with van der Waals surface area (Å²) in [5.74, 6) is -2.96. The van der Waals surface area contributed by atoms with Gasteiger partial charge in [-0.3, -0.25) is 4.79 Å². The predicted octanol–water partition coefficient (Wildman–Crippen LogP) is 4.83. The first-order valence-electron chi connectivity index (χ1n) is 13.5. The van der Waals surface area contributed by atoms with Crippen LogP contribution in [-0.2, 0) is 33.2 Å². The van der Waals surface area contributed by atoms with E-state index in [1.807, 2.05) is 27.7 Å². The van der Waals surface area contributed by atoms with Crippen molar-refractivity contribution >= 4 is 11.8 Å². The molecule has 0 bridgehead atoms. The zero-order chi connectivity index (χ0) is 25.3. The molecular formula is C26H44N2O7. The summed E-state index contributed by atoms with van der Waals surface area (Å²) in [5.41, 5.74) is -1.47. The number of hydrazone groups is 1. The standard InChI is InChI=1S/C26H44N2O7/c1-7-8-9-10-11-12-13-14-15-16-21-27-28(19(2)29)26(33-21)22-20(32-24(5,6)34-22)17-30-25(26)18-31-23(3,4)35-25/h20,22H,7-18H2,1-6H3/t20-,22-,25+,26+/m1/s1. The zero-order valence-corrected chi connectivity index (χ0v) is 22.4. The first kappa shape index (κ1) is 26.8. The highest BCUT2D eigenvalue weighted by Gasteiger charge is 2.78. The first-order valence-corrected chi connectivity index (χ1v) is 13.5. The Morgan fingerprint density at radius 2 is 1.60 bits per heavy atom. The lowest BCUT2D eigenvalue weighted by atomic mass is 9.88. The summed E-state index contributed by atoms with van der Waals surface area (Å²) < 4.78 is 37.6. The molecule has 3 fully saturated rings. The second kappa shape index (κ2) is 10.2. The molecule has 4 aliphatic rings. The minimum absolute atomic E-state index is 0.0810. The lowest BCUT2D eigenvalue weighted by Crippen LogP contribution is -2.76. The summed E-state index contributed by atoms with van der Waals surface area (Å²) in [6, 6.07) is 0. The maximum Gasteiger partial charge on any atom is 0.291 e. The Hall–Kier alpha value is -1.26. The molecule has 1 amide bonds. The predicted molar refractivity (Wildman–Crippen MR) is 129 cm³/mol. The molecule has 3 saturated heterocycles. The highest BCUT2D eigenvalue weighted by atomic mass is 16.9. The van der Waals surface area contributed by atoms with Crippen molar-refractivity contribution < 1.29 is 33.2 Å². The molecular weight excluding hydrogens is 452 g/mol. The summed E-state index contributed by atoms with van der Waals surface area (Å²) in [6.45, 7) is 11.4. The molecule has 4 heterocycles. The van der Waals surface area contributed by atoms with Crippen LogP contribution >= 0.6 is 0 Å². The zero-order valence-electron chi connectivity index (χ0n) is 22.4. The van der Waals surface area contributed by atoms with E-state index in [1.165, 1.54) is 56.9 Å². The molecule has 35 heavy (non-hydrogen) atoms. The lowest BCUT2D eigenvalue weighted by molar-refractivity contribution is -0.386. The summed E-state index contributed by atoms with van der Waals surface area (Å²) in [5, 5.41) is 5.98. The van der Waals surface area contributed by atoms with E-state index in [4.69, 9.17) is 28.4 Å². The Morgan fingerprint density at radius 3 is 2.20 bits per heavy atom. The SMILES string of the molecule is CCCCCCCCCCCC1=NN(C(C)=O)[C@]2(O1)[C@@H]1OC(C)(C)O[C@@H]1CO[C@]21COC(C)(C)O1. The fraction of sp³-hybridized carbons (Fsp3) is 0.923. The van der Waals surface area contributed by atoms with Crippen molar-refractivity contribution in [2.75, 3.05) is 13.2 Å². The van der Waals surface area contributed by atoms with Crippen molar-refractivity contribution in [2.24, 2.45) is 5.10 Å². The van der Waals surface area contributed by atoms with Crippen LogP contribution in [0.15, 0.2) is 5.10 Å². The Labute approximate surface area is 209 Å². The molecule has 9 nitrogen and oxygen atoms in total. The van der Waals surface area contributed by atoms with Gasteiger partial charge in [0, 0.05) is 13.3 Å². The molecule has 0 unspecified atom stereocenters. The van der Waals surface area contributed by atoms with Gasteiger partial charge in [-0.25, -0.2) is 0 Å². The number of fused-ring (bicyclic) bond motifs is 3. The molecule has 9 heteroatoms.